The molecule has 0 aromatic heterocycles. The molecule has 194 valence electrons. The van der Waals surface area contributed by atoms with Crippen LogP contribution in [0.25, 0.3) is 0 Å². The highest BCUT2D eigenvalue weighted by Crippen LogP contribution is 2.43. The smallest absolute Gasteiger partial charge is 0.410 e. The molecule has 1 N–H and O–H groups in total. The van der Waals surface area contributed by atoms with Gasteiger partial charge in [-0.05, 0) is 44.7 Å². The molecule has 2 heterocycles. The number of carbonyl (C=O) groups is 2. The van der Waals surface area contributed by atoms with Gasteiger partial charge in [0.05, 0.1) is 6.61 Å². The number of piperidine rings is 1. The fourth-order valence-electron chi connectivity index (χ4n) is 5.44. The van der Waals surface area contributed by atoms with Gasteiger partial charge < -0.3 is 19.5 Å². The van der Waals surface area contributed by atoms with E-state index in [4.69, 9.17) is 9.47 Å². The number of nitrogens with zero attached hydrogens (tertiary/aromatic N) is 2. The van der Waals surface area contributed by atoms with Crippen molar-refractivity contribution in [2.45, 2.75) is 82.8 Å². The van der Waals surface area contributed by atoms with Crippen LogP contribution in [0.5, 0.6) is 0 Å². The Kier molecular flexibility index (Phi) is 8.00. The summed E-state index contributed by atoms with van der Waals surface area (Å²) in [5.41, 5.74) is 0.528. The van der Waals surface area contributed by atoms with Gasteiger partial charge in [-0.2, -0.15) is 0 Å². The maximum atomic E-state index is 12.8. The topological polar surface area (TPSA) is 79.3 Å². The summed E-state index contributed by atoms with van der Waals surface area (Å²) in [6.45, 7) is 7.93. The van der Waals surface area contributed by atoms with E-state index in [2.05, 4.69) is 29.2 Å². The van der Waals surface area contributed by atoms with E-state index in [1.54, 1.807) is 4.90 Å². The van der Waals surface area contributed by atoms with Crippen LogP contribution in [0.2, 0.25) is 0 Å². The molecule has 3 atom stereocenters. The minimum Gasteiger partial charge on any atom is -0.479 e. The minimum atomic E-state index is -1.28. The number of amides is 1. The molecule has 4 rings (SSSR count). The van der Waals surface area contributed by atoms with Gasteiger partial charge in [0.25, 0.3) is 0 Å². The van der Waals surface area contributed by atoms with Crippen molar-refractivity contribution >= 4 is 12.1 Å². The van der Waals surface area contributed by atoms with E-state index >= 15 is 0 Å². The van der Waals surface area contributed by atoms with E-state index in [1.807, 2.05) is 57.2 Å². The van der Waals surface area contributed by atoms with Gasteiger partial charge in [0.1, 0.15) is 5.60 Å². The zero-order chi connectivity index (χ0) is 25.8. The molecule has 0 radical (unpaired) electrons. The van der Waals surface area contributed by atoms with Crippen LogP contribution in [0.15, 0.2) is 60.7 Å². The summed E-state index contributed by atoms with van der Waals surface area (Å²) in [7, 11) is 0. The maximum Gasteiger partial charge on any atom is 0.410 e. The maximum absolute atomic E-state index is 12.8. The van der Waals surface area contributed by atoms with Gasteiger partial charge in [0.15, 0.2) is 5.60 Å². The first kappa shape index (κ1) is 26.2. The fraction of sp³-hybridized carbons (Fsp3) is 0.517. The largest absolute Gasteiger partial charge is 0.479 e. The van der Waals surface area contributed by atoms with Gasteiger partial charge >= 0.3 is 12.1 Å². The highest BCUT2D eigenvalue weighted by atomic mass is 16.6. The number of hydrogen-bond donors (Lipinski definition) is 1. The van der Waals surface area contributed by atoms with Crippen LogP contribution in [0.3, 0.4) is 0 Å². The molecule has 2 aliphatic rings. The van der Waals surface area contributed by atoms with Crippen molar-refractivity contribution < 1.29 is 24.2 Å². The lowest BCUT2D eigenvalue weighted by molar-refractivity contribution is -0.177. The molecule has 2 aromatic carbocycles. The van der Waals surface area contributed by atoms with Crippen LogP contribution in [0.1, 0.15) is 57.6 Å². The summed E-state index contributed by atoms with van der Waals surface area (Å²) >= 11 is 0. The number of rotatable bonds is 9. The molecule has 2 fully saturated rings. The number of hydrogen-bond acceptors (Lipinski definition) is 5. The highest BCUT2D eigenvalue weighted by Gasteiger charge is 2.55. The molecule has 36 heavy (non-hydrogen) atoms. The Morgan fingerprint density at radius 3 is 1.89 bits per heavy atom. The third kappa shape index (κ3) is 6.45. The lowest BCUT2D eigenvalue weighted by Gasteiger charge is -2.44. The second-order valence-electron chi connectivity index (χ2n) is 11.0. The molecule has 0 spiro atoms. The molecule has 7 nitrogen and oxygen atoms in total. The molecular weight excluding hydrogens is 456 g/mol. The van der Waals surface area contributed by atoms with E-state index in [0.29, 0.717) is 13.2 Å². The highest BCUT2D eigenvalue weighted by molar-refractivity contribution is 5.79. The normalized spacial score (nSPS) is 23.6. The quantitative estimate of drug-likeness (QED) is 0.523. The number of carboxylic acid groups (broad SMARTS) is 1. The van der Waals surface area contributed by atoms with Crippen LogP contribution in [-0.4, -0.2) is 63.4 Å². The first-order valence-electron chi connectivity index (χ1n) is 12.8. The van der Waals surface area contributed by atoms with E-state index in [1.165, 1.54) is 11.1 Å². The van der Waals surface area contributed by atoms with Crippen LogP contribution < -0.4 is 0 Å². The summed E-state index contributed by atoms with van der Waals surface area (Å²) in [4.78, 5) is 29.3. The fourth-order valence-corrected chi connectivity index (χ4v) is 5.44. The number of aliphatic carboxylic acids is 1. The van der Waals surface area contributed by atoms with Crippen molar-refractivity contribution in [1.29, 1.82) is 0 Å². The van der Waals surface area contributed by atoms with E-state index in [0.717, 1.165) is 25.9 Å². The van der Waals surface area contributed by atoms with Gasteiger partial charge in [-0.15, -0.1) is 0 Å². The minimum absolute atomic E-state index is 0.181. The Morgan fingerprint density at radius 2 is 1.44 bits per heavy atom. The SMILES string of the molecule is CC(C)(C)OC(=O)N1[C@@H]2CC[C@H]1CC(OCCN(Cc1ccccc1)Cc1ccccc1)(C(=O)O)C2. The van der Waals surface area contributed by atoms with E-state index in [-0.39, 0.29) is 31.0 Å². The van der Waals surface area contributed by atoms with Crippen molar-refractivity contribution in [3.8, 4) is 0 Å². The second-order valence-corrected chi connectivity index (χ2v) is 11.0. The number of benzene rings is 2. The summed E-state index contributed by atoms with van der Waals surface area (Å²) in [6, 6.07) is 20.2. The first-order valence-corrected chi connectivity index (χ1v) is 12.8. The molecule has 2 saturated heterocycles. The van der Waals surface area contributed by atoms with Crippen molar-refractivity contribution in [2.75, 3.05) is 13.2 Å². The molecule has 0 saturated carbocycles. The summed E-state index contributed by atoms with van der Waals surface area (Å²) in [6.07, 6.45) is 1.77. The van der Waals surface area contributed by atoms with Crippen molar-refractivity contribution in [3.05, 3.63) is 71.8 Å². The molecule has 1 unspecified atom stereocenters. The number of fused-ring (bicyclic) bond motifs is 2. The summed E-state index contributed by atoms with van der Waals surface area (Å²) < 4.78 is 11.8. The third-order valence-electron chi connectivity index (χ3n) is 7.03. The zero-order valence-corrected chi connectivity index (χ0v) is 21.6. The Bertz CT molecular complexity index is 965. The van der Waals surface area contributed by atoms with Gasteiger partial charge in [-0.1, -0.05) is 60.7 Å². The number of ether oxygens (including phenoxy) is 2. The molecule has 1 amide bonds. The average molecular weight is 495 g/mol. The Labute approximate surface area is 214 Å². The Hall–Kier alpha value is -2.90. The molecule has 7 heteroatoms. The predicted octanol–water partition coefficient (Wildman–Crippen LogP) is 5.09. The van der Waals surface area contributed by atoms with Gasteiger partial charge in [0.2, 0.25) is 0 Å². The summed E-state index contributed by atoms with van der Waals surface area (Å²) in [5, 5.41) is 10.2. The lowest BCUT2D eigenvalue weighted by Crippen LogP contribution is -2.58. The van der Waals surface area contributed by atoms with Gasteiger partial charge in [0, 0.05) is 44.6 Å². The number of carbonyl (C=O) groups excluding carboxylic acids is 1. The number of carboxylic acids is 1. The molecule has 2 aromatic rings. The standard InChI is InChI=1S/C29H38N2O5/c1-28(2,3)36-27(34)31-24-14-15-25(31)19-29(18-24,26(32)33)35-17-16-30(20-22-10-6-4-7-11-22)21-23-12-8-5-9-13-23/h4-13,24-25H,14-21H2,1-3H3,(H,32,33)/t24-,25+,29?. The van der Waals surface area contributed by atoms with E-state index in [9.17, 15) is 14.7 Å². The zero-order valence-electron chi connectivity index (χ0n) is 21.6. The van der Waals surface area contributed by atoms with Gasteiger partial charge in [-0.3, -0.25) is 4.90 Å². The first-order chi connectivity index (χ1) is 17.2. The van der Waals surface area contributed by atoms with Crippen molar-refractivity contribution in [3.63, 3.8) is 0 Å². The van der Waals surface area contributed by atoms with E-state index < -0.39 is 17.2 Å². The van der Waals surface area contributed by atoms with Crippen LogP contribution in [0.4, 0.5) is 4.79 Å². The van der Waals surface area contributed by atoms with Gasteiger partial charge in [-0.25, -0.2) is 9.59 Å². The lowest BCUT2D eigenvalue weighted by atomic mass is 9.86. The third-order valence-corrected chi connectivity index (χ3v) is 7.03. The summed E-state index contributed by atoms with van der Waals surface area (Å²) in [5.74, 6) is -0.944. The van der Waals surface area contributed by atoms with Crippen LogP contribution in [-0.2, 0) is 27.4 Å². The predicted molar refractivity (Wildman–Crippen MR) is 137 cm³/mol. The Morgan fingerprint density at radius 1 is 0.944 bits per heavy atom. The van der Waals surface area contributed by atoms with Crippen LogP contribution >= 0.6 is 0 Å². The Balaban J connectivity index is 1.42. The molecule has 2 aliphatic heterocycles. The van der Waals surface area contributed by atoms with Crippen LogP contribution in [0, 0.1) is 0 Å². The van der Waals surface area contributed by atoms with Crippen molar-refractivity contribution in [1.82, 2.24) is 9.80 Å². The monoisotopic (exact) mass is 494 g/mol. The molecule has 2 bridgehead atoms. The van der Waals surface area contributed by atoms with Crippen molar-refractivity contribution in [2.24, 2.45) is 0 Å². The second kappa shape index (κ2) is 11.0. The molecular formula is C29H38N2O5. The molecule has 0 aliphatic carbocycles. The average Bonchev–Trinajstić information content (AvgIpc) is 3.10.